The average Bonchev–Trinajstić information content (AvgIpc) is 3.50. The molecule has 25 heavy (non-hydrogen) atoms. The molecule has 0 bridgehead atoms. The van der Waals surface area contributed by atoms with Gasteiger partial charge in [0.2, 0.25) is 5.91 Å². The Morgan fingerprint density at radius 3 is 2.76 bits per heavy atom. The number of hydrogen-bond acceptors (Lipinski definition) is 2. The first-order chi connectivity index (χ1) is 12.1. The molecule has 2 aliphatic rings. The summed E-state index contributed by atoms with van der Waals surface area (Å²) in [7, 11) is 1.73. The lowest BCUT2D eigenvalue weighted by molar-refractivity contribution is -0.121. The van der Waals surface area contributed by atoms with Crippen LogP contribution in [0.25, 0.3) is 0 Å². The summed E-state index contributed by atoms with van der Waals surface area (Å²) in [6.07, 6.45) is 5.66. The van der Waals surface area contributed by atoms with Gasteiger partial charge in [-0.1, -0.05) is 12.1 Å². The van der Waals surface area contributed by atoms with Crippen LogP contribution < -0.4 is 16.0 Å². The number of guanidine groups is 1. The zero-order valence-electron chi connectivity index (χ0n) is 14.8. The summed E-state index contributed by atoms with van der Waals surface area (Å²) in [6.45, 7) is 1.43. The number of aliphatic imine (C=N–C) groups is 1. The molecule has 1 aromatic carbocycles. The maximum Gasteiger partial charge on any atom is 0.220 e. The van der Waals surface area contributed by atoms with Gasteiger partial charge >= 0.3 is 0 Å². The van der Waals surface area contributed by atoms with Gasteiger partial charge in [-0.25, -0.2) is 4.39 Å². The normalized spacial score (nSPS) is 18.6. The third-order valence-electron chi connectivity index (χ3n) is 4.92. The number of carbonyl (C=O) groups excluding carboxylic acids is 1. The SMILES string of the molecule is CN=C(NCCCC(=O)NC1CC1)NCC1(c2cccc(F)c2)CC1. The van der Waals surface area contributed by atoms with E-state index in [1.54, 1.807) is 19.2 Å². The summed E-state index contributed by atoms with van der Waals surface area (Å²) in [5.41, 5.74) is 1.07. The zero-order chi connectivity index (χ0) is 17.7. The van der Waals surface area contributed by atoms with Crippen molar-refractivity contribution in [3.05, 3.63) is 35.6 Å². The molecule has 0 aromatic heterocycles. The minimum Gasteiger partial charge on any atom is -0.356 e. The van der Waals surface area contributed by atoms with Crippen molar-refractivity contribution in [1.82, 2.24) is 16.0 Å². The van der Waals surface area contributed by atoms with E-state index in [4.69, 9.17) is 0 Å². The first-order valence-corrected chi connectivity index (χ1v) is 9.11. The molecule has 0 unspecified atom stereocenters. The number of hydrogen-bond donors (Lipinski definition) is 3. The van der Waals surface area contributed by atoms with Crippen molar-refractivity contribution >= 4 is 11.9 Å². The molecule has 3 N–H and O–H groups in total. The lowest BCUT2D eigenvalue weighted by Crippen LogP contribution is -2.41. The van der Waals surface area contributed by atoms with E-state index in [-0.39, 0.29) is 17.1 Å². The number of nitrogens with zero attached hydrogens (tertiary/aromatic N) is 1. The first-order valence-electron chi connectivity index (χ1n) is 9.11. The van der Waals surface area contributed by atoms with Crippen LogP contribution in [-0.4, -0.2) is 38.0 Å². The van der Waals surface area contributed by atoms with Crippen LogP contribution in [0.3, 0.4) is 0 Å². The van der Waals surface area contributed by atoms with E-state index in [0.717, 1.165) is 50.2 Å². The van der Waals surface area contributed by atoms with Gasteiger partial charge in [0, 0.05) is 38.0 Å². The molecule has 5 nitrogen and oxygen atoms in total. The highest BCUT2D eigenvalue weighted by Crippen LogP contribution is 2.47. The van der Waals surface area contributed by atoms with Crippen LogP contribution in [0.5, 0.6) is 0 Å². The molecule has 0 radical (unpaired) electrons. The van der Waals surface area contributed by atoms with Gasteiger partial charge in [-0.3, -0.25) is 9.79 Å². The predicted octanol–water partition coefficient (Wildman–Crippen LogP) is 2.08. The molecule has 136 valence electrons. The highest BCUT2D eigenvalue weighted by molar-refractivity contribution is 5.80. The molecule has 0 saturated heterocycles. The molecule has 6 heteroatoms. The van der Waals surface area contributed by atoms with Gasteiger partial charge in [-0.2, -0.15) is 0 Å². The Kier molecular flexibility index (Phi) is 5.56. The molecule has 2 saturated carbocycles. The standard InChI is InChI=1S/C19H27FN4O/c1-21-18(22-11-3-6-17(25)24-16-7-8-16)23-13-19(9-10-19)14-4-2-5-15(20)12-14/h2,4-5,12,16H,3,6-11,13H2,1H3,(H,24,25)(H2,21,22,23). The topological polar surface area (TPSA) is 65.5 Å². The van der Waals surface area contributed by atoms with Crippen LogP contribution in [0, 0.1) is 5.82 Å². The maximum absolute atomic E-state index is 13.5. The predicted molar refractivity (Wildman–Crippen MR) is 97.1 cm³/mol. The van der Waals surface area contributed by atoms with Crippen molar-refractivity contribution in [2.75, 3.05) is 20.1 Å². The second-order valence-electron chi connectivity index (χ2n) is 7.09. The molecule has 0 aliphatic heterocycles. The van der Waals surface area contributed by atoms with Gasteiger partial charge in [-0.15, -0.1) is 0 Å². The van der Waals surface area contributed by atoms with E-state index in [1.165, 1.54) is 6.07 Å². The van der Waals surface area contributed by atoms with Gasteiger partial charge in [0.25, 0.3) is 0 Å². The summed E-state index contributed by atoms with van der Waals surface area (Å²) in [5.74, 6) is 0.677. The van der Waals surface area contributed by atoms with Crippen LogP contribution >= 0.6 is 0 Å². The van der Waals surface area contributed by atoms with E-state index in [1.807, 2.05) is 6.07 Å². The minimum absolute atomic E-state index is 0.0177. The monoisotopic (exact) mass is 346 g/mol. The van der Waals surface area contributed by atoms with Crippen molar-refractivity contribution in [2.24, 2.45) is 4.99 Å². The van der Waals surface area contributed by atoms with Gasteiger partial charge in [0.15, 0.2) is 5.96 Å². The van der Waals surface area contributed by atoms with Crippen LogP contribution in [-0.2, 0) is 10.2 Å². The fourth-order valence-electron chi connectivity index (χ4n) is 2.99. The number of carbonyl (C=O) groups is 1. The highest BCUT2D eigenvalue weighted by Gasteiger charge is 2.44. The van der Waals surface area contributed by atoms with Crippen LogP contribution in [0.15, 0.2) is 29.3 Å². The smallest absolute Gasteiger partial charge is 0.220 e. The summed E-state index contributed by atoms with van der Waals surface area (Å²) in [4.78, 5) is 15.9. The molecular weight excluding hydrogens is 319 g/mol. The summed E-state index contributed by atoms with van der Waals surface area (Å²) >= 11 is 0. The third-order valence-corrected chi connectivity index (χ3v) is 4.92. The Hall–Kier alpha value is -2.11. The van der Waals surface area contributed by atoms with Crippen molar-refractivity contribution in [2.45, 2.75) is 50.0 Å². The van der Waals surface area contributed by atoms with Crippen molar-refractivity contribution in [3.8, 4) is 0 Å². The van der Waals surface area contributed by atoms with E-state index in [0.29, 0.717) is 19.0 Å². The second-order valence-corrected chi connectivity index (χ2v) is 7.09. The van der Waals surface area contributed by atoms with Gasteiger partial charge in [0.1, 0.15) is 5.82 Å². The van der Waals surface area contributed by atoms with Gasteiger partial charge in [0.05, 0.1) is 0 Å². The average molecular weight is 346 g/mol. The Labute approximate surface area is 148 Å². The van der Waals surface area contributed by atoms with Crippen molar-refractivity contribution in [1.29, 1.82) is 0 Å². The Bertz CT molecular complexity index is 638. The minimum atomic E-state index is -0.184. The fourth-order valence-corrected chi connectivity index (χ4v) is 2.99. The molecular formula is C19H27FN4O. The third kappa shape index (κ3) is 5.18. The maximum atomic E-state index is 13.5. The number of rotatable bonds is 8. The number of halogens is 1. The molecule has 1 aromatic rings. The van der Waals surface area contributed by atoms with E-state index in [2.05, 4.69) is 20.9 Å². The quantitative estimate of drug-likeness (QED) is 0.384. The highest BCUT2D eigenvalue weighted by atomic mass is 19.1. The Morgan fingerprint density at radius 2 is 2.12 bits per heavy atom. The molecule has 2 aliphatic carbocycles. The second kappa shape index (κ2) is 7.85. The summed E-state index contributed by atoms with van der Waals surface area (Å²) in [6, 6.07) is 7.29. The largest absolute Gasteiger partial charge is 0.356 e. The molecule has 0 heterocycles. The molecule has 2 fully saturated rings. The van der Waals surface area contributed by atoms with Crippen molar-refractivity contribution < 1.29 is 9.18 Å². The summed E-state index contributed by atoms with van der Waals surface area (Å²) < 4.78 is 13.5. The van der Waals surface area contributed by atoms with E-state index < -0.39 is 0 Å². The first kappa shape index (κ1) is 17.7. The fraction of sp³-hybridized carbons (Fsp3) is 0.579. The van der Waals surface area contributed by atoms with E-state index >= 15 is 0 Å². The molecule has 1 amide bonds. The molecule has 0 spiro atoms. The number of benzene rings is 1. The zero-order valence-corrected chi connectivity index (χ0v) is 14.8. The number of nitrogens with one attached hydrogen (secondary N) is 3. The molecule has 3 rings (SSSR count). The number of amides is 1. The summed E-state index contributed by atoms with van der Waals surface area (Å²) in [5, 5.41) is 9.57. The van der Waals surface area contributed by atoms with Gasteiger partial charge in [-0.05, 0) is 49.8 Å². The Morgan fingerprint density at radius 1 is 1.32 bits per heavy atom. The van der Waals surface area contributed by atoms with Crippen LogP contribution in [0.2, 0.25) is 0 Å². The lowest BCUT2D eigenvalue weighted by Gasteiger charge is -2.19. The van der Waals surface area contributed by atoms with Crippen LogP contribution in [0.1, 0.15) is 44.1 Å². The molecule has 0 atom stereocenters. The van der Waals surface area contributed by atoms with Crippen molar-refractivity contribution in [3.63, 3.8) is 0 Å². The Balaban J connectivity index is 1.38. The van der Waals surface area contributed by atoms with E-state index in [9.17, 15) is 9.18 Å². The van der Waals surface area contributed by atoms with Gasteiger partial charge < -0.3 is 16.0 Å². The van der Waals surface area contributed by atoms with Crippen LogP contribution in [0.4, 0.5) is 4.39 Å². The lowest BCUT2D eigenvalue weighted by atomic mass is 9.96.